The number of nitrogens with one attached hydrogen (secondary N) is 1. The summed E-state index contributed by atoms with van der Waals surface area (Å²) in [5.74, 6) is 0.839. The molecule has 0 saturated heterocycles. The Balaban J connectivity index is 1.81. The summed E-state index contributed by atoms with van der Waals surface area (Å²) in [4.78, 5) is 11.9. The van der Waals surface area contributed by atoms with E-state index in [4.69, 9.17) is 4.74 Å². The molecule has 2 aromatic carbocycles. The van der Waals surface area contributed by atoms with Gasteiger partial charge in [-0.3, -0.25) is 4.79 Å². The number of ether oxygens (including phenoxy) is 1. The van der Waals surface area contributed by atoms with E-state index in [9.17, 15) is 4.79 Å². The van der Waals surface area contributed by atoms with Gasteiger partial charge in [-0.05, 0) is 57.1 Å². The number of hydrogen-bond donors (Lipinski definition) is 1. The smallest absolute Gasteiger partial charge is 0.277 e. The number of hydrogen-bond acceptors (Lipinski definition) is 3. The normalized spacial score (nSPS) is 11.1. The Morgan fingerprint density at radius 1 is 1.23 bits per heavy atom. The summed E-state index contributed by atoms with van der Waals surface area (Å²) in [5.41, 5.74) is 5.93. The minimum Gasteiger partial charge on any atom is -0.483 e. The van der Waals surface area contributed by atoms with E-state index >= 15 is 0 Å². The fourth-order valence-corrected chi connectivity index (χ4v) is 2.97. The highest BCUT2D eigenvalue weighted by atomic mass is 79.9. The van der Waals surface area contributed by atoms with Gasteiger partial charge < -0.3 is 4.74 Å². The molecule has 0 unspecified atom stereocenters. The van der Waals surface area contributed by atoms with E-state index in [2.05, 4.69) is 59.4 Å². The monoisotopic (exact) mass is 416 g/mol. The Hall–Kier alpha value is -2.14. The van der Waals surface area contributed by atoms with E-state index in [0.717, 1.165) is 22.9 Å². The summed E-state index contributed by atoms with van der Waals surface area (Å²) in [6.07, 6.45) is 3.73. The molecule has 0 radical (unpaired) electrons. The largest absolute Gasteiger partial charge is 0.483 e. The lowest BCUT2D eigenvalue weighted by Gasteiger charge is -2.08. The average Bonchev–Trinajstić information content (AvgIpc) is 2.62. The van der Waals surface area contributed by atoms with E-state index in [1.54, 1.807) is 6.21 Å². The van der Waals surface area contributed by atoms with Crippen molar-refractivity contribution in [2.24, 2.45) is 5.10 Å². The third-order valence-corrected chi connectivity index (χ3v) is 4.52. The van der Waals surface area contributed by atoms with Crippen LogP contribution in [-0.2, 0) is 11.2 Å². The first-order valence-electron chi connectivity index (χ1n) is 8.82. The van der Waals surface area contributed by atoms with Crippen LogP contribution in [0, 0.1) is 0 Å². The lowest BCUT2D eigenvalue weighted by Crippen LogP contribution is -2.24. The van der Waals surface area contributed by atoms with Crippen molar-refractivity contribution in [1.29, 1.82) is 0 Å². The standard InChI is InChI=1S/C21H25BrN2O2/c1-4-5-16-8-11-20(19(22)12-16)26-14-21(25)24-23-13-17-6-9-18(10-7-17)15(2)3/h6-13,15H,4-5,14H2,1-3H3,(H,24,25)/b23-13+. The third kappa shape index (κ3) is 6.30. The van der Waals surface area contributed by atoms with Crippen LogP contribution in [0.2, 0.25) is 0 Å². The number of aryl methyl sites for hydroxylation is 1. The topological polar surface area (TPSA) is 50.7 Å². The minimum absolute atomic E-state index is 0.0879. The Bertz CT molecular complexity index is 755. The van der Waals surface area contributed by atoms with Gasteiger partial charge in [0, 0.05) is 0 Å². The molecule has 2 rings (SSSR count). The SMILES string of the molecule is CCCc1ccc(OCC(=O)N/N=C/c2ccc(C(C)C)cc2)c(Br)c1. The summed E-state index contributed by atoms with van der Waals surface area (Å²) in [5, 5.41) is 3.97. The van der Waals surface area contributed by atoms with Crippen LogP contribution in [0.3, 0.4) is 0 Å². The lowest BCUT2D eigenvalue weighted by atomic mass is 10.0. The number of carbonyl (C=O) groups is 1. The molecule has 0 atom stereocenters. The van der Waals surface area contributed by atoms with E-state index in [1.807, 2.05) is 30.3 Å². The second-order valence-corrected chi connectivity index (χ2v) is 7.27. The molecule has 0 aromatic heterocycles. The lowest BCUT2D eigenvalue weighted by molar-refractivity contribution is -0.123. The highest BCUT2D eigenvalue weighted by molar-refractivity contribution is 9.10. The quantitative estimate of drug-likeness (QED) is 0.483. The highest BCUT2D eigenvalue weighted by Crippen LogP contribution is 2.26. The number of benzene rings is 2. The first-order chi connectivity index (χ1) is 12.5. The van der Waals surface area contributed by atoms with Gasteiger partial charge in [0.25, 0.3) is 5.91 Å². The molecule has 0 aliphatic carbocycles. The van der Waals surface area contributed by atoms with Crippen molar-refractivity contribution in [1.82, 2.24) is 5.43 Å². The van der Waals surface area contributed by atoms with E-state index in [1.165, 1.54) is 11.1 Å². The zero-order chi connectivity index (χ0) is 18.9. The first-order valence-corrected chi connectivity index (χ1v) is 9.62. The van der Waals surface area contributed by atoms with Gasteiger partial charge >= 0.3 is 0 Å². The summed E-state index contributed by atoms with van der Waals surface area (Å²) >= 11 is 3.48. The number of nitrogens with zero attached hydrogens (tertiary/aromatic N) is 1. The molecule has 2 aromatic rings. The molecule has 138 valence electrons. The molecule has 0 heterocycles. The zero-order valence-electron chi connectivity index (χ0n) is 15.5. The van der Waals surface area contributed by atoms with Crippen molar-refractivity contribution in [3.05, 3.63) is 63.6 Å². The van der Waals surface area contributed by atoms with Gasteiger partial charge in [-0.15, -0.1) is 0 Å². The van der Waals surface area contributed by atoms with Gasteiger partial charge in [-0.2, -0.15) is 5.10 Å². The van der Waals surface area contributed by atoms with Crippen LogP contribution in [0.15, 0.2) is 52.0 Å². The van der Waals surface area contributed by atoms with Crippen LogP contribution in [0.4, 0.5) is 0 Å². The molecule has 0 bridgehead atoms. The van der Waals surface area contributed by atoms with Crippen LogP contribution in [-0.4, -0.2) is 18.7 Å². The van der Waals surface area contributed by atoms with Crippen molar-refractivity contribution in [2.75, 3.05) is 6.61 Å². The van der Waals surface area contributed by atoms with E-state index in [0.29, 0.717) is 11.7 Å². The summed E-state index contributed by atoms with van der Waals surface area (Å²) in [6.45, 7) is 6.36. The molecule has 0 aliphatic heterocycles. The van der Waals surface area contributed by atoms with Gasteiger partial charge in [0.2, 0.25) is 0 Å². The first kappa shape index (κ1) is 20.2. The fourth-order valence-electron chi connectivity index (χ4n) is 2.43. The Labute approximate surface area is 163 Å². The summed E-state index contributed by atoms with van der Waals surface area (Å²) < 4.78 is 6.40. The summed E-state index contributed by atoms with van der Waals surface area (Å²) in [6, 6.07) is 14.0. The maximum Gasteiger partial charge on any atom is 0.277 e. The molecule has 1 amide bonds. The maximum atomic E-state index is 11.9. The second-order valence-electron chi connectivity index (χ2n) is 6.42. The molecule has 26 heavy (non-hydrogen) atoms. The van der Waals surface area contributed by atoms with Crippen LogP contribution < -0.4 is 10.2 Å². The van der Waals surface area contributed by atoms with Gasteiger partial charge in [-0.25, -0.2) is 5.43 Å². The van der Waals surface area contributed by atoms with Crippen LogP contribution in [0.5, 0.6) is 5.75 Å². The molecule has 1 N–H and O–H groups in total. The molecule has 4 nitrogen and oxygen atoms in total. The molecular formula is C21H25BrN2O2. The third-order valence-electron chi connectivity index (χ3n) is 3.90. The Kier molecular flexibility index (Phi) is 7.85. The number of carbonyl (C=O) groups excluding carboxylic acids is 1. The molecule has 0 aliphatic rings. The van der Waals surface area contributed by atoms with Crippen molar-refractivity contribution in [2.45, 2.75) is 39.5 Å². The van der Waals surface area contributed by atoms with Crippen LogP contribution in [0.1, 0.15) is 49.8 Å². The maximum absolute atomic E-state index is 11.9. The summed E-state index contributed by atoms with van der Waals surface area (Å²) in [7, 11) is 0. The van der Waals surface area contributed by atoms with Crippen molar-refractivity contribution < 1.29 is 9.53 Å². The molecule has 0 spiro atoms. The predicted octanol–water partition coefficient (Wildman–Crippen LogP) is 5.05. The fraction of sp³-hybridized carbons (Fsp3) is 0.333. The van der Waals surface area contributed by atoms with E-state index < -0.39 is 0 Å². The average molecular weight is 417 g/mol. The molecule has 5 heteroatoms. The second kappa shape index (κ2) is 10.1. The minimum atomic E-state index is -0.301. The van der Waals surface area contributed by atoms with Crippen molar-refractivity contribution >= 4 is 28.1 Å². The zero-order valence-corrected chi connectivity index (χ0v) is 17.0. The highest BCUT2D eigenvalue weighted by Gasteiger charge is 2.06. The Morgan fingerprint density at radius 2 is 1.96 bits per heavy atom. The van der Waals surface area contributed by atoms with Gasteiger partial charge in [0.15, 0.2) is 6.61 Å². The number of rotatable bonds is 8. The molecular weight excluding hydrogens is 392 g/mol. The number of amides is 1. The van der Waals surface area contributed by atoms with Crippen LogP contribution in [0.25, 0.3) is 0 Å². The van der Waals surface area contributed by atoms with Gasteiger partial charge in [0.1, 0.15) is 5.75 Å². The van der Waals surface area contributed by atoms with E-state index in [-0.39, 0.29) is 12.5 Å². The van der Waals surface area contributed by atoms with Crippen molar-refractivity contribution in [3.8, 4) is 5.75 Å². The Morgan fingerprint density at radius 3 is 2.58 bits per heavy atom. The molecule has 0 saturated carbocycles. The number of halogens is 1. The number of hydrazone groups is 1. The van der Waals surface area contributed by atoms with Crippen molar-refractivity contribution in [3.63, 3.8) is 0 Å². The predicted molar refractivity (Wildman–Crippen MR) is 110 cm³/mol. The van der Waals surface area contributed by atoms with Gasteiger partial charge in [-0.1, -0.05) is 57.5 Å². The van der Waals surface area contributed by atoms with Crippen LogP contribution >= 0.6 is 15.9 Å². The molecule has 0 fully saturated rings. The van der Waals surface area contributed by atoms with Gasteiger partial charge in [0.05, 0.1) is 10.7 Å².